The van der Waals surface area contributed by atoms with Gasteiger partial charge in [-0.15, -0.1) is 0 Å². The first-order valence-corrected chi connectivity index (χ1v) is 9.31. The zero-order valence-electron chi connectivity index (χ0n) is 16.1. The van der Waals surface area contributed by atoms with Gasteiger partial charge < -0.3 is 10.1 Å². The van der Waals surface area contributed by atoms with Crippen molar-refractivity contribution in [2.75, 3.05) is 13.1 Å². The van der Waals surface area contributed by atoms with Crippen molar-refractivity contribution in [2.24, 2.45) is 0 Å². The van der Waals surface area contributed by atoms with E-state index in [0.29, 0.717) is 6.54 Å². The maximum absolute atomic E-state index is 13.8. The van der Waals surface area contributed by atoms with E-state index < -0.39 is 11.7 Å². The van der Waals surface area contributed by atoms with Crippen LogP contribution in [0.5, 0.6) is 0 Å². The number of hydrogen-bond acceptors (Lipinski definition) is 3. The van der Waals surface area contributed by atoms with Crippen LogP contribution in [0.15, 0.2) is 54.6 Å². The van der Waals surface area contributed by atoms with Crippen molar-refractivity contribution >= 4 is 6.09 Å². The highest BCUT2D eigenvalue weighted by molar-refractivity contribution is 5.68. The van der Waals surface area contributed by atoms with Crippen molar-refractivity contribution in [3.8, 4) is 0 Å². The molecule has 5 heteroatoms. The molecule has 1 unspecified atom stereocenters. The number of carbonyl (C=O) groups is 1. The Kier molecular flexibility index (Phi) is 5.80. The molecule has 1 fully saturated rings. The van der Waals surface area contributed by atoms with Crippen LogP contribution in [-0.4, -0.2) is 35.7 Å². The van der Waals surface area contributed by atoms with Crippen LogP contribution in [0.3, 0.4) is 0 Å². The summed E-state index contributed by atoms with van der Waals surface area (Å²) in [5.41, 5.74) is 1.56. The summed E-state index contributed by atoms with van der Waals surface area (Å²) >= 11 is 0. The Morgan fingerprint density at radius 2 is 1.89 bits per heavy atom. The number of amides is 1. The molecule has 0 aromatic heterocycles. The Hall–Kier alpha value is -2.40. The molecular weight excluding hydrogens is 343 g/mol. The Labute approximate surface area is 160 Å². The molecule has 27 heavy (non-hydrogen) atoms. The summed E-state index contributed by atoms with van der Waals surface area (Å²) < 4.78 is 19.2. The molecule has 0 aliphatic carbocycles. The van der Waals surface area contributed by atoms with Crippen LogP contribution in [0, 0.1) is 5.82 Å². The molecule has 1 heterocycles. The molecule has 2 atom stereocenters. The lowest BCUT2D eigenvalue weighted by molar-refractivity contribution is 0.0502. The molecule has 4 nitrogen and oxygen atoms in total. The number of nitrogens with zero attached hydrogens (tertiary/aromatic N) is 1. The van der Waals surface area contributed by atoms with E-state index >= 15 is 0 Å². The third-order valence-electron chi connectivity index (χ3n) is 4.62. The molecule has 1 aliphatic heterocycles. The Morgan fingerprint density at radius 1 is 1.15 bits per heavy atom. The summed E-state index contributed by atoms with van der Waals surface area (Å²) in [5, 5.41) is 2.99. The topological polar surface area (TPSA) is 41.6 Å². The number of hydrogen-bond donors (Lipinski definition) is 1. The van der Waals surface area contributed by atoms with E-state index in [1.807, 2.05) is 45.0 Å². The predicted molar refractivity (Wildman–Crippen MR) is 104 cm³/mol. The highest BCUT2D eigenvalue weighted by Crippen LogP contribution is 2.29. The quantitative estimate of drug-likeness (QED) is 0.872. The molecule has 0 saturated carbocycles. The van der Waals surface area contributed by atoms with E-state index in [1.54, 1.807) is 12.1 Å². The third kappa shape index (κ3) is 5.54. The smallest absolute Gasteiger partial charge is 0.407 e. The van der Waals surface area contributed by atoms with Crippen molar-refractivity contribution in [2.45, 2.75) is 44.9 Å². The van der Waals surface area contributed by atoms with Gasteiger partial charge in [-0.05, 0) is 44.0 Å². The Balaban J connectivity index is 1.75. The highest BCUT2D eigenvalue weighted by atomic mass is 19.1. The molecule has 0 bridgehead atoms. The number of halogens is 1. The van der Waals surface area contributed by atoms with Crippen molar-refractivity contribution in [1.82, 2.24) is 10.2 Å². The monoisotopic (exact) mass is 370 g/mol. The minimum atomic E-state index is -0.555. The number of alkyl carbamates (subject to hydrolysis) is 1. The molecule has 2 aromatic rings. The Bertz CT molecular complexity index is 773. The zero-order valence-corrected chi connectivity index (χ0v) is 16.1. The average Bonchev–Trinajstić information content (AvgIpc) is 2.96. The van der Waals surface area contributed by atoms with Gasteiger partial charge in [0, 0.05) is 25.6 Å². The van der Waals surface area contributed by atoms with Crippen molar-refractivity contribution in [1.29, 1.82) is 0 Å². The van der Waals surface area contributed by atoms with Gasteiger partial charge in [0.1, 0.15) is 11.4 Å². The normalized spacial score (nSPS) is 20.4. The van der Waals surface area contributed by atoms with Crippen LogP contribution < -0.4 is 5.32 Å². The van der Waals surface area contributed by atoms with Crippen LogP contribution in [0.1, 0.15) is 37.8 Å². The first-order chi connectivity index (χ1) is 12.8. The standard InChI is InChI=1S/C22H27FN2O2/c1-22(2,3)27-21(26)24-20-15-25(13-16-8-5-4-6-9-16)14-19(20)17-10-7-11-18(23)12-17/h4-12,19-20H,13-15H2,1-3H3,(H,24,26)/t19-,20?/m0/s1. The van der Waals surface area contributed by atoms with Crippen LogP contribution in [-0.2, 0) is 11.3 Å². The summed E-state index contributed by atoms with van der Waals surface area (Å²) in [4.78, 5) is 14.6. The molecule has 0 spiro atoms. The first-order valence-electron chi connectivity index (χ1n) is 9.31. The van der Waals surface area contributed by atoms with E-state index in [4.69, 9.17) is 4.74 Å². The lowest BCUT2D eigenvalue weighted by Crippen LogP contribution is -2.42. The van der Waals surface area contributed by atoms with Crippen molar-refractivity contribution in [3.05, 3.63) is 71.5 Å². The second-order valence-corrected chi connectivity index (χ2v) is 8.09. The molecule has 1 N–H and O–H groups in total. The maximum atomic E-state index is 13.8. The number of nitrogens with one attached hydrogen (secondary N) is 1. The van der Waals surface area contributed by atoms with Gasteiger partial charge in [0.15, 0.2) is 0 Å². The van der Waals surface area contributed by atoms with E-state index in [1.165, 1.54) is 11.6 Å². The van der Waals surface area contributed by atoms with E-state index in [-0.39, 0.29) is 17.8 Å². The second-order valence-electron chi connectivity index (χ2n) is 8.09. The fourth-order valence-electron chi connectivity index (χ4n) is 3.54. The van der Waals surface area contributed by atoms with Crippen LogP contribution in [0.25, 0.3) is 0 Å². The van der Waals surface area contributed by atoms with Gasteiger partial charge in [-0.3, -0.25) is 4.90 Å². The van der Waals surface area contributed by atoms with Crippen LogP contribution in [0.2, 0.25) is 0 Å². The number of carbonyl (C=O) groups excluding carboxylic acids is 1. The summed E-state index contributed by atoms with van der Waals surface area (Å²) in [6.07, 6.45) is -0.435. The average molecular weight is 370 g/mol. The van der Waals surface area contributed by atoms with Crippen LogP contribution >= 0.6 is 0 Å². The van der Waals surface area contributed by atoms with Gasteiger partial charge in [-0.2, -0.15) is 0 Å². The van der Waals surface area contributed by atoms with Crippen molar-refractivity contribution < 1.29 is 13.9 Å². The van der Waals surface area contributed by atoms with Gasteiger partial charge in [0.05, 0.1) is 6.04 Å². The largest absolute Gasteiger partial charge is 0.444 e. The number of rotatable bonds is 4. The van der Waals surface area contributed by atoms with Crippen molar-refractivity contribution in [3.63, 3.8) is 0 Å². The molecule has 0 radical (unpaired) electrons. The molecule has 3 rings (SSSR count). The predicted octanol–water partition coefficient (Wildman–Crippen LogP) is 4.32. The molecule has 1 saturated heterocycles. The SMILES string of the molecule is CC(C)(C)OC(=O)NC1CN(Cc2ccccc2)C[C@H]1c1cccc(F)c1. The van der Waals surface area contributed by atoms with E-state index in [9.17, 15) is 9.18 Å². The third-order valence-corrected chi connectivity index (χ3v) is 4.62. The van der Waals surface area contributed by atoms with Gasteiger partial charge >= 0.3 is 6.09 Å². The van der Waals surface area contributed by atoms with Gasteiger partial charge in [0.25, 0.3) is 0 Å². The lowest BCUT2D eigenvalue weighted by atomic mass is 9.94. The van der Waals surface area contributed by atoms with Gasteiger partial charge in [-0.25, -0.2) is 9.18 Å². The summed E-state index contributed by atoms with van der Waals surface area (Å²) in [6, 6.07) is 16.7. The highest BCUT2D eigenvalue weighted by Gasteiger charge is 2.35. The van der Waals surface area contributed by atoms with E-state index in [0.717, 1.165) is 18.7 Å². The molecular formula is C22H27FN2O2. The fraction of sp³-hybridized carbons (Fsp3) is 0.409. The molecule has 1 amide bonds. The zero-order chi connectivity index (χ0) is 19.4. The summed E-state index contributed by atoms with van der Waals surface area (Å²) in [5.74, 6) is -0.248. The minimum Gasteiger partial charge on any atom is -0.444 e. The lowest BCUT2D eigenvalue weighted by Gasteiger charge is -2.24. The van der Waals surface area contributed by atoms with Gasteiger partial charge in [0.2, 0.25) is 0 Å². The Morgan fingerprint density at radius 3 is 2.56 bits per heavy atom. The number of benzene rings is 2. The fourth-order valence-corrected chi connectivity index (χ4v) is 3.54. The van der Waals surface area contributed by atoms with Gasteiger partial charge in [-0.1, -0.05) is 42.5 Å². The van der Waals surface area contributed by atoms with Crippen LogP contribution in [0.4, 0.5) is 9.18 Å². The number of ether oxygens (including phenoxy) is 1. The van der Waals surface area contributed by atoms with E-state index in [2.05, 4.69) is 22.3 Å². The second kappa shape index (κ2) is 8.09. The number of likely N-dealkylation sites (tertiary alicyclic amines) is 1. The summed E-state index contributed by atoms with van der Waals surface area (Å²) in [7, 11) is 0. The maximum Gasteiger partial charge on any atom is 0.407 e. The molecule has 2 aromatic carbocycles. The minimum absolute atomic E-state index is 0.0110. The summed E-state index contributed by atoms with van der Waals surface area (Å²) in [6.45, 7) is 7.75. The molecule has 144 valence electrons. The molecule has 1 aliphatic rings. The first kappa shape index (κ1) is 19.4.